The summed E-state index contributed by atoms with van der Waals surface area (Å²) in [6, 6.07) is 9.05. The van der Waals surface area contributed by atoms with Gasteiger partial charge in [0.1, 0.15) is 24.8 Å². The highest BCUT2D eigenvalue weighted by Crippen LogP contribution is 2.46. The van der Waals surface area contributed by atoms with Crippen molar-refractivity contribution in [1.29, 1.82) is 0 Å². The molecular formula is C44H48BBrF2N2O10. The summed E-state index contributed by atoms with van der Waals surface area (Å²) in [5, 5.41) is 6.04. The fourth-order valence-corrected chi connectivity index (χ4v) is 7.83. The number of cyclic esters (lactones) is 2. The normalized spacial score (nSPS) is 21.0. The van der Waals surface area contributed by atoms with Crippen LogP contribution in [0.15, 0.2) is 105 Å². The summed E-state index contributed by atoms with van der Waals surface area (Å²) in [6.07, 6.45) is 0. The van der Waals surface area contributed by atoms with E-state index in [9.17, 15) is 28.0 Å². The number of nitrogens with one attached hydrogen (secondary N) is 2. The SMILES string of the molecule is C=C(C)B1OC(C)(C)C(C)(C)O1.C=C(C)c1c(F)cccc1[C@H]1C(C(=O)OC)=C(C)NC2=C1C(=O)OC2.COC(=O)C1=C(C)NC2=C(C(=O)OC2)[C@H]1c1cccc(F)c1Br. The van der Waals surface area contributed by atoms with Crippen LogP contribution in [0.2, 0.25) is 0 Å². The van der Waals surface area contributed by atoms with Gasteiger partial charge in [0.2, 0.25) is 0 Å². The number of benzene rings is 2. The van der Waals surface area contributed by atoms with E-state index in [1.807, 2.05) is 34.6 Å². The van der Waals surface area contributed by atoms with Gasteiger partial charge in [-0.3, -0.25) is 0 Å². The van der Waals surface area contributed by atoms with Crippen LogP contribution in [0.25, 0.3) is 5.57 Å². The van der Waals surface area contributed by atoms with Gasteiger partial charge < -0.3 is 38.9 Å². The van der Waals surface area contributed by atoms with Crippen molar-refractivity contribution in [3.8, 4) is 0 Å². The average Bonchev–Trinajstić information content (AvgIpc) is 3.81. The van der Waals surface area contributed by atoms with Crippen LogP contribution in [0.5, 0.6) is 0 Å². The lowest BCUT2D eigenvalue weighted by molar-refractivity contribution is -0.138. The van der Waals surface area contributed by atoms with E-state index in [-0.39, 0.29) is 52.7 Å². The van der Waals surface area contributed by atoms with Crippen molar-refractivity contribution in [1.82, 2.24) is 10.6 Å². The fraction of sp³-hybridized carbons (Fsp3) is 0.364. The number of rotatable bonds is 6. The van der Waals surface area contributed by atoms with E-state index in [2.05, 4.69) is 39.7 Å². The van der Waals surface area contributed by atoms with Crippen molar-refractivity contribution >= 4 is 52.5 Å². The molecule has 0 bridgehead atoms. The molecule has 0 unspecified atom stereocenters. The maximum atomic E-state index is 14.5. The number of esters is 4. The maximum absolute atomic E-state index is 14.5. The average molecular weight is 894 g/mol. The molecule has 5 heterocycles. The van der Waals surface area contributed by atoms with E-state index in [0.29, 0.717) is 50.6 Å². The lowest BCUT2D eigenvalue weighted by Gasteiger charge is -2.32. The second-order valence-electron chi connectivity index (χ2n) is 15.7. The van der Waals surface area contributed by atoms with Gasteiger partial charge in [0, 0.05) is 17.0 Å². The second-order valence-corrected chi connectivity index (χ2v) is 16.5. The van der Waals surface area contributed by atoms with Gasteiger partial charge in [-0.15, -0.1) is 6.58 Å². The zero-order valence-electron chi connectivity index (χ0n) is 35.2. The number of carbonyl (C=O) groups is 4. The molecule has 2 N–H and O–H groups in total. The predicted octanol–water partition coefficient (Wildman–Crippen LogP) is 7.53. The van der Waals surface area contributed by atoms with E-state index in [1.54, 1.807) is 39.0 Å². The molecule has 2 aromatic rings. The molecule has 60 heavy (non-hydrogen) atoms. The molecule has 2 atom stereocenters. The summed E-state index contributed by atoms with van der Waals surface area (Å²) in [5.41, 5.74) is 5.58. The third-order valence-electron chi connectivity index (χ3n) is 11.0. The molecular weight excluding hydrogens is 845 g/mol. The van der Waals surface area contributed by atoms with Gasteiger partial charge in [0.05, 0.1) is 75.4 Å². The van der Waals surface area contributed by atoms with Gasteiger partial charge in [-0.1, -0.05) is 36.3 Å². The number of hydrogen-bond donors (Lipinski definition) is 2. The van der Waals surface area contributed by atoms with Gasteiger partial charge in [0.15, 0.2) is 0 Å². The van der Waals surface area contributed by atoms with Crippen LogP contribution in [-0.2, 0) is 47.4 Å². The van der Waals surface area contributed by atoms with E-state index >= 15 is 0 Å². The highest BCUT2D eigenvalue weighted by molar-refractivity contribution is 9.10. The highest BCUT2D eigenvalue weighted by atomic mass is 79.9. The molecule has 1 fully saturated rings. The van der Waals surface area contributed by atoms with Crippen molar-refractivity contribution in [2.75, 3.05) is 27.4 Å². The minimum absolute atomic E-state index is 0.0914. The van der Waals surface area contributed by atoms with E-state index in [0.717, 1.165) is 5.47 Å². The third-order valence-corrected chi connectivity index (χ3v) is 11.8. The Labute approximate surface area is 357 Å². The smallest absolute Gasteiger partial charge is 0.466 e. The molecule has 1 saturated heterocycles. The first-order valence-corrected chi connectivity index (χ1v) is 19.7. The first kappa shape index (κ1) is 45.8. The van der Waals surface area contributed by atoms with Crippen molar-refractivity contribution in [2.24, 2.45) is 0 Å². The Hall–Kier alpha value is -5.32. The zero-order valence-corrected chi connectivity index (χ0v) is 36.8. The first-order valence-electron chi connectivity index (χ1n) is 18.9. The topological polar surface area (TPSA) is 148 Å². The summed E-state index contributed by atoms with van der Waals surface area (Å²) >= 11 is 3.21. The molecule has 318 valence electrons. The monoisotopic (exact) mass is 892 g/mol. The van der Waals surface area contributed by atoms with Crippen molar-refractivity contribution < 1.29 is 56.2 Å². The van der Waals surface area contributed by atoms with Crippen LogP contribution in [-0.4, -0.2) is 69.6 Å². The number of dihydropyridines is 2. The van der Waals surface area contributed by atoms with E-state index < -0.39 is 47.3 Å². The quantitative estimate of drug-likeness (QED) is 0.168. The Morgan fingerprint density at radius 2 is 1.18 bits per heavy atom. The lowest BCUT2D eigenvalue weighted by Crippen LogP contribution is -2.41. The molecule has 0 spiro atoms. The molecule has 12 nitrogen and oxygen atoms in total. The van der Waals surface area contributed by atoms with Gasteiger partial charge in [-0.05, 0) is 100 Å². The largest absolute Gasteiger partial charge is 0.489 e. The van der Waals surface area contributed by atoms with Crippen LogP contribution in [0.4, 0.5) is 8.78 Å². The number of allylic oxidation sites excluding steroid dienone is 4. The standard InChI is InChI=1S/C19H18FNO4.C16H13BrFNO4.C9H17BO2/c1-9(2)14-11(6-5-7-12(14)20)16-15(18(22)24-4)10(3)21-13-8-25-19(23)17(13)16;1-7-11(15(20)22-2)12(8-4-3-5-9(18)14(8)17)13-10(19-7)6-23-16(13)21;1-7(2)10-11-8(3,4)9(5,6)12-10/h5-7,16,21H,1,8H2,2-4H3;3-5,12,19H,6H2,1-2H3;1H2,2-6H3/t16-;12-;/m00./s1. The van der Waals surface area contributed by atoms with Gasteiger partial charge >= 0.3 is 31.0 Å². The Balaban J connectivity index is 0.000000181. The van der Waals surface area contributed by atoms with Crippen LogP contribution < -0.4 is 10.6 Å². The number of ether oxygens (including phenoxy) is 4. The lowest BCUT2D eigenvalue weighted by atomic mass is 9.78. The molecule has 0 radical (unpaired) electrons. The first-order chi connectivity index (χ1) is 28.1. The van der Waals surface area contributed by atoms with Crippen molar-refractivity contribution in [3.63, 3.8) is 0 Å². The molecule has 0 aromatic heterocycles. The Morgan fingerprint density at radius 1 is 0.767 bits per heavy atom. The molecule has 5 aliphatic heterocycles. The van der Waals surface area contributed by atoms with Gasteiger partial charge in [-0.25, -0.2) is 28.0 Å². The Morgan fingerprint density at radius 3 is 1.58 bits per heavy atom. The van der Waals surface area contributed by atoms with Gasteiger partial charge in [-0.2, -0.15) is 0 Å². The minimum atomic E-state index is -0.777. The van der Waals surface area contributed by atoms with E-state index in [1.165, 1.54) is 32.4 Å². The molecule has 0 amide bonds. The maximum Gasteiger partial charge on any atom is 0.489 e. The van der Waals surface area contributed by atoms with Crippen molar-refractivity contribution in [3.05, 3.63) is 133 Å². The summed E-state index contributed by atoms with van der Waals surface area (Å²) in [4.78, 5) is 49.1. The number of hydrogen-bond acceptors (Lipinski definition) is 12. The summed E-state index contributed by atoms with van der Waals surface area (Å²) in [5.74, 6) is -4.68. The van der Waals surface area contributed by atoms with Crippen molar-refractivity contribution in [2.45, 2.75) is 78.4 Å². The van der Waals surface area contributed by atoms with Crippen LogP contribution in [0, 0.1) is 11.6 Å². The van der Waals surface area contributed by atoms with Crippen LogP contribution in [0.3, 0.4) is 0 Å². The van der Waals surface area contributed by atoms with Crippen LogP contribution in [0.1, 0.15) is 83.9 Å². The summed E-state index contributed by atoms with van der Waals surface area (Å²) < 4.78 is 60.0. The van der Waals surface area contributed by atoms with Gasteiger partial charge in [0.25, 0.3) is 0 Å². The van der Waals surface area contributed by atoms with Crippen LogP contribution >= 0.6 is 15.9 Å². The molecule has 5 aliphatic rings. The Bertz CT molecular complexity index is 2310. The Kier molecular flexibility index (Phi) is 13.5. The minimum Gasteiger partial charge on any atom is -0.466 e. The fourth-order valence-electron chi connectivity index (χ4n) is 7.34. The number of carbonyl (C=O) groups excluding carboxylic acids is 4. The molecule has 0 saturated carbocycles. The summed E-state index contributed by atoms with van der Waals surface area (Å²) in [6.45, 7) is 23.0. The number of methoxy groups -OCH3 is 2. The second kappa shape index (κ2) is 17.7. The zero-order chi connectivity index (χ0) is 44.6. The highest BCUT2D eigenvalue weighted by Gasteiger charge is 2.51. The molecule has 16 heteroatoms. The molecule has 7 rings (SSSR count). The predicted molar refractivity (Wildman–Crippen MR) is 223 cm³/mol. The molecule has 2 aromatic carbocycles. The van der Waals surface area contributed by atoms with E-state index in [4.69, 9.17) is 28.3 Å². The molecule has 0 aliphatic carbocycles. The third kappa shape index (κ3) is 8.63. The summed E-state index contributed by atoms with van der Waals surface area (Å²) in [7, 11) is 2.29. The number of halogens is 3.